The van der Waals surface area contributed by atoms with Crippen LogP contribution >= 0.6 is 0 Å². The molecule has 2 rings (SSSR count). The Hall–Kier alpha value is -1.82. The van der Waals surface area contributed by atoms with Crippen molar-refractivity contribution in [2.24, 2.45) is 0 Å². The first-order valence-corrected chi connectivity index (χ1v) is 7.12. The molecular weight excluding hydrogens is 293 g/mol. The number of hydrogen-bond donors (Lipinski definition) is 1. The van der Waals surface area contributed by atoms with E-state index < -0.39 is 11.9 Å². The van der Waals surface area contributed by atoms with Crippen molar-refractivity contribution in [1.29, 1.82) is 0 Å². The molecule has 6 heteroatoms. The Bertz CT molecular complexity index is 627. The van der Waals surface area contributed by atoms with Gasteiger partial charge < -0.3 is 5.11 Å². The Morgan fingerprint density at radius 3 is 2.36 bits per heavy atom. The minimum atomic E-state index is -4.48. The lowest BCUT2D eigenvalue weighted by molar-refractivity contribution is -0.142. The number of nitrogens with zero attached hydrogens (tertiary/aromatic N) is 2. The van der Waals surface area contributed by atoms with Crippen LogP contribution in [-0.2, 0) is 19.1 Å². The lowest BCUT2D eigenvalue weighted by Gasteiger charge is -2.09. The highest BCUT2D eigenvalue weighted by Gasteiger charge is 2.36. The third kappa shape index (κ3) is 3.68. The van der Waals surface area contributed by atoms with Gasteiger partial charge in [-0.2, -0.15) is 18.3 Å². The molecule has 1 aromatic carbocycles. The van der Waals surface area contributed by atoms with Crippen LogP contribution < -0.4 is 0 Å². The minimum Gasteiger partial charge on any atom is -0.396 e. The van der Waals surface area contributed by atoms with Gasteiger partial charge in [0.05, 0.1) is 6.54 Å². The summed E-state index contributed by atoms with van der Waals surface area (Å²) in [7, 11) is 0. The zero-order chi connectivity index (χ0) is 16.3. The maximum Gasteiger partial charge on any atom is 0.435 e. The fourth-order valence-electron chi connectivity index (χ4n) is 2.50. The first-order valence-electron chi connectivity index (χ1n) is 7.12. The van der Waals surface area contributed by atoms with Crippen LogP contribution in [0.1, 0.15) is 34.4 Å². The molecule has 0 bridgehead atoms. The molecule has 3 nitrogen and oxygen atoms in total. The molecule has 0 aliphatic rings. The zero-order valence-electron chi connectivity index (χ0n) is 12.6. The van der Waals surface area contributed by atoms with Crippen LogP contribution in [0.5, 0.6) is 0 Å². The Kier molecular flexibility index (Phi) is 4.90. The third-order valence-electron chi connectivity index (χ3n) is 3.67. The number of rotatable bonds is 5. The van der Waals surface area contributed by atoms with Crippen molar-refractivity contribution in [3.05, 3.63) is 52.3 Å². The van der Waals surface area contributed by atoms with E-state index in [0.717, 1.165) is 16.7 Å². The van der Waals surface area contributed by atoms with E-state index >= 15 is 0 Å². The molecular formula is C16H19F3N2O. The van der Waals surface area contributed by atoms with Crippen LogP contribution in [-0.4, -0.2) is 21.5 Å². The van der Waals surface area contributed by atoms with E-state index in [-0.39, 0.29) is 25.0 Å². The van der Waals surface area contributed by atoms with Crippen LogP contribution in [0.15, 0.2) is 24.4 Å². The number of hydrogen-bond acceptors (Lipinski definition) is 2. The van der Waals surface area contributed by atoms with E-state index in [2.05, 4.69) is 5.10 Å². The molecule has 22 heavy (non-hydrogen) atoms. The highest BCUT2D eigenvalue weighted by atomic mass is 19.4. The molecule has 0 atom stereocenters. The molecule has 0 saturated carbocycles. The fraction of sp³-hybridized carbons (Fsp3) is 0.438. The van der Waals surface area contributed by atoms with Gasteiger partial charge in [-0.15, -0.1) is 0 Å². The predicted molar refractivity (Wildman–Crippen MR) is 77.7 cm³/mol. The summed E-state index contributed by atoms with van der Waals surface area (Å²) in [5.74, 6) is 0. The second-order valence-electron chi connectivity index (χ2n) is 5.40. The van der Waals surface area contributed by atoms with E-state index in [1.807, 2.05) is 32.0 Å². The summed E-state index contributed by atoms with van der Waals surface area (Å²) in [6.07, 6.45) is -2.59. The van der Waals surface area contributed by atoms with Crippen LogP contribution in [0.4, 0.5) is 13.2 Å². The number of aliphatic hydroxyl groups is 1. The van der Waals surface area contributed by atoms with Crippen molar-refractivity contribution in [3.8, 4) is 0 Å². The third-order valence-corrected chi connectivity index (χ3v) is 3.67. The molecule has 1 heterocycles. The zero-order valence-corrected chi connectivity index (χ0v) is 12.6. The lowest BCUT2D eigenvalue weighted by atomic mass is 10.0. The van der Waals surface area contributed by atoms with Gasteiger partial charge in [-0.05, 0) is 43.4 Å². The molecule has 120 valence electrons. The summed E-state index contributed by atoms with van der Waals surface area (Å²) >= 11 is 0. The summed E-state index contributed by atoms with van der Waals surface area (Å²) in [4.78, 5) is 0. The standard InChI is InChI=1S/C16H19F3N2O/c1-11-5-3-6-12(2)14(11)10-21-9-13(7-4-8-22)15(20-21)16(17,18)19/h3,5-6,9,22H,4,7-8,10H2,1-2H3. The van der Waals surface area contributed by atoms with Gasteiger partial charge in [0.2, 0.25) is 0 Å². The van der Waals surface area contributed by atoms with E-state index in [9.17, 15) is 13.2 Å². The van der Waals surface area contributed by atoms with Crippen LogP contribution in [0.3, 0.4) is 0 Å². The molecule has 0 aliphatic heterocycles. The fourth-order valence-corrected chi connectivity index (χ4v) is 2.50. The van der Waals surface area contributed by atoms with Gasteiger partial charge in [-0.3, -0.25) is 4.68 Å². The highest BCUT2D eigenvalue weighted by Crippen LogP contribution is 2.31. The summed E-state index contributed by atoms with van der Waals surface area (Å²) in [6, 6.07) is 5.79. The van der Waals surface area contributed by atoms with Crippen LogP contribution in [0.25, 0.3) is 0 Å². The summed E-state index contributed by atoms with van der Waals surface area (Å²) in [5.41, 5.74) is 2.31. The van der Waals surface area contributed by atoms with Gasteiger partial charge in [-0.1, -0.05) is 18.2 Å². The number of aromatic nitrogens is 2. The summed E-state index contributed by atoms with van der Waals surface area (Å²) in [5, 5.41) is 12.5. The van der Waals surface area contributed by atoms with Crippen molar-refractivity contribution >= 4 is 0 Å². The highest BCUT2D eigenvalue weighted by molar-refractivity contribution is 5.34. The van der Waals surface area contributed by atoms with Gasteiger partial charge >= 0.3 is 6.18 Å². The monoisotopic (exact) mass is 312 g/mol. The Balaban J connectivity index is 2.34. The molecule has 0 spiro atoms. The van der Waals surface area contributed by atoms with Gasteiger partial charge in [0.25, 0.3) is 0 Å². The number of benzene rings is 1. The van der Waals surface area contributed by atoms with E-state index in [1.165, 1.54) is 10.9 Å². The van der Waals surface area contributed by atoms with Gasteiger partial charge in [0.15, 0.2) is 5.69 Å². The van der Waals surface area contributed by atoms with Gasteiger partial charge in [-0.25, -0.2) is 0 Å². The van der Waals surface area contributed by atoms with E-state index in [0.29, 0.717) is 6.54 Å². The molecule has 0 radical (unpaired) electrons. The smallest absolute Gasteiger partial charge is 0.396 e. The summed E-state index contributed by atoms with van der Waals surface area (Å²) < 4.78 is 40.5. The number of aryl methyl sites for hydroxylation is 3. The van der Waals surface area contributed by atoms with E-state index in [1.54, 1.807) is 0 Å². The Labute approximate surface area is 127 Å². The van der Waals surface area contributed by atoms with Crippen LogP contribution in [0, 0.1) is 13.8 Å². The molecule has 2 aromatic rings. The Morgan fingerprint density at radius 2 is 1.82 bits per heavy atom. The molecule has 0 saturated heterocycles. The van der Waals surface area contributed by atoms with Crippen LogP contribution in [0.2, 0.25) is 0 Å². The van der Waals surface area contributed by atoms with Crippen molar-refractivity contribution in [1.82, 2.24) is 9.78 Å². The maximum atomic E-state index is 13.0. The first-order chi connectivity index (χ1) is 10.3. The Morgan fingerprint density at radius 1 is 1.18 bits per heavy atom. The average molecular weight is 312 g/mol. The van der Waals surface area contributed by atoms with Crippen molar-refractivity contribution in [2.75, 3.05) is 6.61 Å². The first kappa shape index (κ1) is 16.5. The second-order valence-corrected chi connectivity index (χ2v) is 5.40. The number of alkyl halides is 3. The molecule has 0 unspecified atom stereocenters. The molecule has 1 N–H and O–H groups in total. The predicted octanol–water partition coefficient (Wildman–Crippen LogP) is 3.49. The van der Waals surface area contributed by atoms with Crippen molar-refractivity contribution in [2.45, 2.75) is 39.4 Å². The molecule has 1 aromatic heterocycles. The quantitative estimate of drug-likeness (QED) is 0.918. The van der Waals surface area contributed by atoms with E-state index in [4.69, 9.17) is 5.11 Å². The van der Waals surface area contributed by atoms with Gasteiger partial charge in [0.1, 0.15) is 0 Å². The molecule has 0 amide bonds. The maximum absolute atomic E-state index is 13.0. The normalized spacial score (nSPS) is 11.9. The second kappa shape index (κ2) is 6.52. The SMILES string of the molecule is Cc1cccc(C)c1Cn1cc(CCCO)c(C(F)(F)F)n1. The minimum absolute atomic E-state index is 0.132. The number of halogens is 3. The molecule has 0 fully saturated rings. The lowest BCUT2D eigenvalue weighted by Crippen LogP contribution is -2.11. The average Bonchev–Trinajstić information content (AvgIpc) is 2.84. The largest absolute Gasteiger partial charge is 0.435 e. The topological polar surface area (TPSA) is 38.0 Å². The van der Waals surface area contributed by atoms with Crippen molar-refractivity contribution < 1.29 is 18.3 Å². The van der Waals surface area contributed by atoms with Gasteiger partial charge in [0, 0.05) is 18.4 Å². The summed E-state index contributed by atoms with van der Waals surface area (Å²) in [6.45, 7) is 4.03. The number of aliphatic hydroxyl groups excluding tert-OH is 1. The molecule has 0 aliphatic carbocycles. The van der Waals surface area contributed by atoms with Crippen molar-refractivity contribution in [3.63, 3.8) is 0 Å².